The zero-order valence-electron chi connectivity index (χ0n) is 18.6. The Morgan fingerprint density at radius 2 is 1.69 bits per heavy atom. The van der Waals surface area contributed by atoms with Gasteiger partial charge < -0.3 is 54.0 Å². The van der Waals surface area contributed by atoms with Crippen LogP contribution in [0.3, 0.4) is 0 Å². The Labute approximate surface area is 197 Å². The maximum absolute atomic E-state index is 12.8. The normalized spacial score (nSPS) is 24.3. The first-order valence-corrected chi connectivity index (χ1v) is 10.4. The number of methoxy groups -OCH3 is 2. The van der Waals surface area contributed by atoms with Gasteiger partial charge in [0.25, 0.3) is 0 Å². The van der Waals surface area contributed by atoms with E-state index in [1.165, 1.54) is 38.5 Å². The molecule has 0 spiro atoms. The average Bonchev–Trinajstić information content (AvgIpc) is 2.84. The molecule has 0 unspecified atom stereocenters. The molecule has 2 aromatic carbocycles. The fraction of sp³-hybridized carbons (Fsp3) is 0.348. The first-order valence-electron chi connectivity index (χ1n) is 10.4. The molecule has 1 fully saturated rings. The molecular weight excluding hydrogens is 468 g/mol. The van der Waals surface area contributed by atoms with Crippen LogP contribution in [0.15, 0.2) is 39.5 Å². The molecule has 0 aliphatic carbocycles. The first kappa shape index (κ1) is 24.6. The molecule has 12 nitrogen and oxygen atoms in total. The highest BCUT2D eigenvalue weighted by Gasteiger charge is 2.45. The van der Waals surface area contributed by atoms with Gasteiger partial charge >= 0.3 is 0 Å². The molecule has 1 aromatic heterocycles. The van der Waals surface area contributed by atoms with Crippen LogP contribution in [0.25, 0.3) is 22.3 Å². The molecule has 2 heterocycles. The third-order valence-electron chi connectivity index (χ3n) is 5.67. The van der Waals surface area contributed by atoms with E-state index in [-0.39, 0.29) is 39.7 Å². The largest absolute Gasteiger partial charge is 0.504 e. The number of aliphatic hydroxyl groups excluding tert-OH is 4. The second-order valence-electron chi connectivity index (χ2n) is 7.81. The van der Waals surface area contributed by atoms with Gasteiger partial charge in [-0.05, 0) is 18.2 Å². The Morgan fingerprint density at radius 1 is 0.943 bits per heavy atom. The molecule has 3 aromatic rings. The highest BCUT2D eigenvalue weighted by atomic mass is 16.7. The molecule has 0 amide bonds. The number of rotatable bonds is 6. The van der Waals surface area contributed by atoms with Crippen LogP contribution in [0.5, 0.6) is 28.7 Å². The molecule has 4 rings (SSSR count). The van der Waals surface area contributed by atoms with E-state index in [9.17, 15) is 35.4 Å². The lowest BCUT2D eigenvalue weighted by atomic mass is 9.99. The third-order valence-corrected chi connectivity index (χ3v) is 5.67. The summed E-state index contributed by atoms with van der Waals surface area (Å²) in [5.41, 5.74) is -0.328. The van der Waals surface area contributed by atoms with Gasteiger partial charge in [-0.25, -0.2) is 0 Å². The van der Waals surface area contributed by atoms with E-state index in [4.69, 9.17) is 23.4 Å². The number of aromatic hydroxyl groups is 2. The van der Waals surface area contributed by atoms with Crippen molar-refractivity contribution in [2.75, 3.05) is 20.8 Å². The number of aliphatic hydroxyl groups is 4. The minimum Gasteiger partial charge on any atom is -0.504 e. The molecule has 1 saturated heterocycles. The number of phenols is 2. The van der Waals surface area contributed by atoms with Gasteiger partial charge in [-0.3, -0.25) is 4.79 Å². The quantitative estimate of drug-likeness (QED) is 0.272. The van der Waals surface area contributed by atoms with Gasteiger partial charge in [0.15, 0.2) is 28.4 Å². The van der Waals surface area contributed by atoms with E-state index in [2.05, 4.69) is 0 Å². The molecule has 6 N–H and O–H groups in total. The Morgan fingerprint density at radius 3 is 2.34 bits per heavy atom. The van der Waals surface area contributed by atoms with Crippen LogP contribution in [0.2, 0.25) is 0 Å². The molecule has 1 aliphatic heterocycles. The van der Waals surface area contributed by atoms with Crippen molar-refractivity contribution in [3.8, 4) is 40.1 Å². The number of hydrogen-bond acceptors (Lipinski definition) is 12. The Balaban J connectivity index is 1.80. The summed E-state index contributed by atoms with van der Waals surface area (Å²) in [5, 5.41) is 60.0. The van der Waals surface area contributed by atoms with Crippen molar-refractivity contribution in [3.63, 3.8) is 0 Å². The van der Waals surface area contributed by atoms with Crippen LogP contribution in [0.4, 0.5) is 0 Å². The van der Waals surface area contributed by atoms with Crippen LogP contribution in [-0.4, -0.2) is 82.2 Å². The predicted molar refractivity (Wildman–Crippen MR) is 119 cm³/mol. The van der Waals surface area contributed by atoms with Crippen LogP contribution in [0.1, 0.15) is 0 Å². The summed E-state index contributed by atoms with van der Waals surface area (Å²) in [5.74, 6) is -0.977. The Hall–Kier alpha value is -3.55. The van der Waals surface area contributed by atoms with Gasteiger partial charge in [0.05, 0.1) is 20.8 Å². The zero-order chi connectivity index (χ0) is 25.4. The summed E-state index contributed by atoms with van der Waals surface area (Å²) in [4.78, 5) is 12.8. The summed E-state index contributed by atoms with van der Waals surface area (Å²) in [6, 6.07) is 6.67. The molecule has 0 saturated carbocycles. The third kappa shape index (κ3) is 4.33. The van der Waals surface area contributed by atoms with Crippen molar-refractivity contribution in [1.29, 1.82) is 0 Å². The summed E-state index contributed by atoms with van der Waals surface area (Å²) in [7, 11) is 2.57. The van der Waals surface area contributed by atoms with E-state index in [0.29, 0.717) is 5.56 Å². The minimum atomic E-state index is -1.72. The lowest BCUT2D eigenvalue weighted by molar-refractivity contribution is -0.277. The summed E-state index contributed by atoms with van der Waals surface area (Å²) in [6.07, 6.45) is -7.82. The number of fused-ring (bicyclic) bond motifs is 1. The van der Waals surface area contributed by atoms with Crippen molar-refractivity contribution < 1.29 is 54.0 Å². The van der Waals surface area contributed by atoms with E-state index in [1.54, 1.807) is 0 Å². The zero-order valence-corrected chi connectivity index (χ0v) is 18.6. The number of phenolic OH excluding ortho intramolecular Hbond substituents is 2. The van der Waals surface area contributed by atoms with E-state index < -0.39 is 48.5 Å². The van der Waals surface area contributed by atoms with Gasteiger partial charge in [-0.2, -0.15) is 0 Å². The van der Waals surface area contributed by atoms with Crippen molar-refractivity contribution in [2.24, 2.45) is 0 Å². The van der Waals surface area contributed by atoms with Gasteiger partial charge in [0.1, 0.15) is 41.1 Å². The second kappa shape index (κ2) is 9.60. The molecule has 35 heavy (non-hydrogen) atoms. The fourth-order valence-corrected chi connectivity index (χ4v) is 3.81. The highest BCUT2D eigenvalue weighted by molar-refractivity contribution is 5.89. The maximum atomic E-state index is 12.8. The molecule has 5 atom stereocenters. The Bertz CT molecular complexity index is 1280. The first-order chi connectivity index (χ1) is 16.7. The molecular formula is C23H24O12. The van der Waals surface area contributed by atoms with Crippen LogP contribution < -0.4 is 19.6 Å². The van der Waals surface area contributed by atoms with Gasteiger partial charge in [-0.1, -0.05) is 0 Å². The van der Waals surface area contributed by atoms with Crippen LogP contribution >= 0.6 is 0 Å². The van der Waals surface area contributed by atoms with E-state index >= 15 is 0 Å². The lowest BCUT2D eigenvalue weighted by Gasteiger charge is -2.39. The molecule has 188 valence electrons. The molecule has 0 bridgehead atoms. The van der Waals surface area contributed by atoms with Crippen molar-refractivity contribution in [3.05, 3.63) is 40.6 Å². The lowest BCUT2D eigenvalue weighted by Crippen LogP contribution is -2.60. The smallest absolute Gasteiger partial charge is 0.229 e. The highest BCUT2D eigenvalue weighted by Crippen LogP contribution is 2.43. The minimum absolute atomic E-state index is 0.0872. The molecule has 0 radical (unpaired) electrons. The van der Waals surface area contributed by atoms with E-state index in [1.807, 2.05) is 0 Å². The van der Waals surface area contributed by atoms with Crippen molar-refractivity contribution in [2.45, 2.75) is 30.7 Å². The van der Waals surface area contributed by atoms with Crippen LogP contribution in [0, 0.1) is 0 Å². The monoisotopic (exact) mass is 492 g/mol. The summed E-state index contributed by atoms with van der Waals surface area (Å²) in [6.45, 7) is -0.667. The standard InChI is InChI=1S/C23H24O12/c1-31-13-5-9(3-4-10(13)25)12-6-11(26)17-14(33-12)7-15(22(32-2)19(17)28)34-23-21(30)20(29)18(27)16(8-24)35-23/h3-7,16,18,20-21,23-25,27-30H,8H2,1-2H3/t16-,18-,20+,21-,23-/m1/s1. The van der Waals surface area contributed by atoms with Crippen LogP contribution in [-0.2, 0) is 4.74 Å². The number of ether oxygens (including phenoxy) is 4. The predicted octanol–water partition coefficient (Wildman–Crippen LogP) is 0.0671. The van der Waals surface area contributed by atoms with E-state index in [0.717, 1.165) is 6.07 Å². The average molecular weight is 492 g/mol. The topological polar surface area (TPSA) is 189 Å². The molecule has 12 heteroatoms. The molecule has 1 aliphatic rings. The van der Waals surface area contributed by atoms with Gasteiger partial charge in [0.2, 0.25) is 12.0 Å². The summed E-state index contributed by atoms with van der Waals surface area (Å²) >= 11 is 0. The maximum Gasteiger partial charge on any atom is 0.229 e. The van der Waals surface area contributed by atoms with Gasteiger partial charge in [0, 0.05) is 17.7 Å². The fourth-order valence-electron chi connectivity index (χ4n) is 3.81. The number of hydrogen-bond donors (Lipinski definition) is 6. The summed E-state index contributed by atoms with van der Waals surface area (Å²) < 4.78 is 27.0. The SMILES string of the molecule is COc1cc(-c2cc(=O)c3c(O)c(OC)c(O[C@@H]4O[C@H](CO)[C@@H](O)[C@H](O)[C@H]4O)cc3o2)ccc1O. The second-order valence-corrected chi connectivity index (χ2v) is 7.81. The van der Waals surface area contributed by atoms with Crippen molar-refractivity contribution >= 4 is 11.0 Å². The van der Waals surface area contributed by atoms with Gasteiger partial charge in [-0.15, -0.1) is 0 Å². The number of benzene rings is 2. The Kier molecular flexibility index (Phi) is 6.74. The van der Waals surface area contributed by atoms with Crippen molar-refractivity contribution in [1.82, 2.24) is 0 Å².